The SMILES string of the molecule is O=C(OCCOc1ccccc1F)c1cc2c(nc3sccn32)s1. The number of carbonyl (C=O) groups excluding carboxylic acids is 1. The summed E-state index contributed by atoms with van der Waals surface area (Å²) in [5, 5.41) is 1.94. The van der Waals surface area contributed by atoms with Gasteiger partial charge < -0.3 is 9.47 Å². The van der Waals surface area contributed by atoms with Gasteiger partial charge in [-0.1, -0.05) is 12.1 Å². The molecule has 8 heteroatoms. The number of nitrogens with zero attached hydrogens (tertiary/aromatic N) is 2. The topological polar surface area (TPSA) is 52.8 Å². The van der Waals surface area contributed by atoms with E-state index in [0.29, 0.717) is 4.88 Å². The van der Waals surface area contributed by atoms with Crippen molar-refractivity contribution in [1.29, 1.82) is 0 Å². The van der Waals surface area contributed by atoms with E-state index >= 15 is 0 Å². The molecule has 24 heavy (non-hydrogen) atoms. The third-order valence-electron chi connectivity index (χ3n) is 3.35. The maximum absolute atomic E-state index is 13.4. The van der Waals surface area contributed by atoms with Crippen LogP contribution in [0.25, 0.3) is 15.3 Å². The Labute approximate surface area is 143 Å². The van der Waals surface area contributed by atoms with Gasteiger partial charge in [0.1, 0.15) is 22.9 Å². The molecule has 4 rings (SSSR count). The molecule has 5 nitrogen and oxygen atoms in total. The molecular formula is C16H11FN2O3S2. The molecule has 0 amide bonds. The van der Waals surface area contributed by atoms with Gasteiger partial charge in [0.25, 0.3) is 0 Å². The first kappa shape index (κ1) is 15.1. The molecule has 122 valence electrons. The van der Waals surface area contributed by atoms with Gasteiger partial charge in [-0.2, -0.15) is 0 Å². The van der Waals surface area contributed by atoms with Crippen LogP contribution in [0.1, 0.15) is 9.67 Å². The van der Waals surface area contributed by atoms with Gasteiger partial charge in [0.05, 0.1) is 5.52 Å². The number of para-hydroxylation sites is 1. The lowest BCUT2D eigenvalue weighted by Gasteiger charge is -2.07. The molecule has 0 aliphatic rings. The highest BCUT2D eigenvalue weighted by atomic mass is 32.1. The minimum absolute atomic E-state index is 0.0454. The predicted molar refractivity (Wildman–Crippen MR) is 90.6 cm³/mol. The molecule has 3 heterocycles. The van der Waals surface area contributed by atoms with Gasteiger partial charge >= 0.3 is 5.97 Å². The average molecular weight is 362 g/mol. The number of halogens is 1. The number of fused-ring (bicyclic) bond motifs is 3. The molecule has 1 aromatic carbocycles. The van der Waals surface area contributed by atoms with E-state index in [1.54, 1.807) is 29.5 Å². The van der Waals surface area contributed by atoms with E-state index < -0.39 is 11.8 Å². The maximum Gasteiger partial charge on any atom is 0.348 e. The van der Waals surface area contributed by atoms with Crippen LogP contribution in [0.3, 0.4) is 0 Å². The highest BCUT2D eigenvalue weighted by molar-refractivity contribution is 7.21. The molecule has 0 bridgehead atoms. The first-order valence-electron chi connectivity index (χ1n) is 7.12. The van der Waals surface area contributed by atoms with Crippen molar-refractivity contribution in [2.45, 2.75) is 0 Å². The normalized spacial score (nSPS) is 11.2. The number of esters is 1. The van der Waals surface area contributed by atoms with Crippen LogP contribution in [0.15, 0.2) is 41.9 Å². The Balaban J connectivity index is 1.37. The summed E-state index contributed by atoms with van der Waals surface area (Å²) in [7, 11) is 0. The summed E-state index contributed by atoms with van der Waals surface area (Å²) >= 11 is 2.84. The summed E-state index contributed by atoms with van der Waals surface area (Å²) in [6.45, 7) is 0.134. The summed E-state index contributed by atoms with van der Waals surface area (Å²) in [6.07, 6.45) is 1.92. The number of aromatic nitrogens is 2. The Morgan fingerprint density at radius 1 is 1.29 bits per heavy atom. The van der Waals surface area contributed by atoms with Gasteiger partial charge in [0, 0.05) is 11.6 Å². The molecule has 0 saturated heterocycles. The molecule has 0 N–H and O–H groups in total. The fourth-order valence-electron chi connectivity index (χ4n) is 2.27. The summed E-state index contributed by atoms with van der Waals surface area (Å²) < 4.78 is 25.7. The van der Waals surface area contributed by atoms with Crippen LogP contribution in [0.5, 0.6) is 5.75 Å². The fraction of sp³-hybridized carbons (Fsp3) is 0.125. The molecule has 0 aliphatic carbocycles. The van der Waals surface area contributed by atoms with Crippen molar-refractivity contribution in [2.75, 3.05) is 13.2 Å². The Hall–Kier alpha value is -2.45. The van der Waals surface area contributed by atoms with E-state index in [2.05, 4.69) is 4.98 Å². The zero-order valence-electron chi connectivity index (χ0n) is 12.3. The summed E-state index contributed by atoms with van der Waals surface area (Å²) in [4.78, 5) is 18.7. The first-order valence-corrected chi connectivity index (χ1v) is 8.81. The smallest absolute Gasteiger partial charge is 0.348 e. The second-order valence-corrected chi connectivity index (χ2v) is 6.79. The highest BCUT2D eigenvalue weighted by Crippen LogP contribution is 2.28. The fourth-order valence-corrected chi connectivity index (χ4v) is 3.96. The third kappa shape index (κ3) is 2.74. The average Bonchev–Trinajstić information content (AvgIpc) is 3.24. The van der Waals surface area contributed by atoms with Crippen molar-refractivity contribution in [1.82, 2.24) is 9.38 Å². The minimum atomic E-state index is -0.441. The number of ether oxygens (including phenoxy) is 2. The van der Waals surface area contributed by atoms with Gasteiger partial charge in [0.2, 0.25) is 0 Å². The van der Waals surface area contributed by atoms with Crippen molar-refractivity contribution in [3.8, 4) is 5.75 Å². The molecular weight excluding hydrogens is 351 g/mol. The van der Waals surface area contributed by atoms with Crippen LogP contribution in [0, 0.1) is 5.82 Å². The predicted octanol–water partition coefficient (Wildman–Crippen LogP) is 3.99. The van der Waals surface area contributed by atoms with Crippen molar-refractivity contribution < 1.29 is 18.7 Å². The van der Waals surface area contributed by atoms with E-state index in [9.17, 15) is 9.18 Å². The van der Waals surface area contributed by atoms with Gasteiger partial charge in [-0.15, -0.1) is 22.7 Å². The second-order valence-electron chi connectivity index (χ2n) is 4.88. The van der Waals surface area contributed by atoms with E-state index in [1.165, 1.54) is 23.5 Å². The van der Waals surface area contributed by atoms with E-state index in [1.807, 2.05) is 16.0 Å². The Bertz CT molecular complexity index is 1020. The van der Waals surface area contributed by atoms with Gasteiger partial charge in [-0.05, 0) is 18.2 Å². The number of thiophene rings is 1. The molecule has 0 radical (unpaired) electrons. The lowest BCUT2D eigenvalue weighted by molar-refractivity contribution is 0.0454. The number of carbonyl (C=O) groups is 1. The number of hydrogen-bond acceptors (Lipinski definition) is 6. The molecule has 0 unspecified atom stereocenters. The molecule has 4 aromatic rings. The molecule has 0 fully saturated rings. The highest BCUT2D eigenvalue weighted by Gasteiger charge is 2.16. The van der Waals surface area contributed by atoms with Crippen LogP contribution in [0.2, 0.25) is 0 Å². The largest absolute Gasteiger partial charge is 0.487 e. The maximum atomic E-state index is 13.4. The van der Waals surface area contributed by atoms with Gasteiger partial charge in [0.15, 0.2) is 16.5 Å². The number of benzene rings is 1. The van der Waals surface area contributed by atoms with Gasteiger partial charge in [-0.25, -0.2) is 14.2 Å². The summed E-state index contributed by atoms with van der Waals surface area (Å²) in [5.41, 5.74) is 0.894. The van der Waals surface area contributed by atoms with Crippen molar-refractivity contribution in [2.24, 2.45) is 0 Å². The van der Waals surface area contributed by atoms with E-state index in [0.717, 1.165) is 15.3 Å². The Morgan fingerprint density at radius 3 is 3.04 bits per heavy atom. The van der Waals surface area contributed by atoms with Crippen LogP contribution in [0.4, 0.5) is 4.39 Å². The van der Waals surface area contributed by atoms with E-state index in [-0.39, 0.29) is 19.0 Å². The number of thiazole rings is 1. The van der Waals surface area contributed by atoms with Crippen molar-refractivity contribution in [3.05, 3.63) is 52.6 Å². The standard InChI is InChI=1S/C16H11FN2O3S2/c17-10-3-1-2-4-12(10)21-6-7-22-15(20)13-9-11-14(24-13)18-16-19(11)5-8-23-16/h1-5,8-9H,6-7H2. The lowest BCUT2D eigenvalue weighted by atomic mass is 10.3. The number of hydrogen-bond donors (Lipinski definition) is 0. The van der Waals surface area contributed by atoms with Crippen LogP contribution >= 0.6 is 22.7 Å². The van der Waals surface area contributed by atoms with Crippen molar-refractivity contribution >= 4 is 44.0 Å². The van der Waals surface area contributed by atoms with E-state index in [4.69, 9.17) is 9.47 Å². The second kappa shape index (κ2) is 6.21. The van der Waals surface area contributed by atoms with Crippen molar-refractivity contribution in [3.63, 3.8) is 0 Å². The zero-order chi connectivity index (χ0) is 16.5. The molecule has 3 aromatic heterocycles. The third-order valence-corrected chi connectivity index (χ3v) is 5.11. The molecule has 0 aliphatic heterocycles. The monoisotopic (exact) mass is 362 g/mol. The molecule has 0 spiro atoms. The zero-order valence-corrected chi connectivity index (χ0v) is 13.9. The Kier molecular flexibility index (Phi) is 3.91. The number of imidazole rings is 1. The minimum Gasteiger partial charge on any atom is -0.487 e. The van der Waals surface area contributed by atoms with Gasteiger partial charge in [-0.3, -0.25) is 4.40 Å². The summed E-state index contributed by atoms with van der Waals surface area (Å²) in [6, 6.07) is 7.87. The molecule has 0 saturated carbocycles. The molecule has 0 atom stereocenters. The quantitative estimate of drug-likeness (QED) is 0.398. The number of rotatable bonds is 5. The Morgan fingerprint density at radius 2 is 2.17 bits per heavy atom. The first-order chi connectivity index (χ1) is 11.7. The van der Waals surface area contributed by atoms with Crippen LogP contribution < -0.4 is 4.74 Å². The van der Waals surface area contributed by atoms with Crippen LogP contribution in [-0.2, 0) is 4.74 Å². The van der Waals surface area contributed by atoms with Crippen LogP contribution in [-0.4, -0.2) is 28.6 Å². The summed E-state index contributed by atoms with van der Waals surface area (Å²) in [5.74, 6) is -0.730. The lowest BCUT2D eigenvalue weighted by Crippen LogP contribution is -2.11.